The van der Waals surface area contributed by atoms with Crippen molar-refractivity contribution in [1.29, 1.82) is 0 Å². The number of carbonyl (C=O) groups is 2. The van der Waals surface area contributed by atoms with Crippen molar-refractivity contribution in [3.63, 3.8) is 0 Å². The molecule has 2 amide bonds. The molecule has 0 atom stereocenters. The Bertz CT molecular complexity index is 669. The molecule has 7 nitrogen and oxygen atoms in total. The number of aryl methyl sites for hydroxylation is 1. The minimum absolute atomic E-state index is 0.0884. The fourth-order valence-corrected chi connectivity index (χ4v) is 3.40. The van der Waals surface area contributed by atoms with E-state index in [2.05, 4.69) is 15.5 Å². The first-order valence-corrected chi connectivity index (χ1v) is 9.12. The maximum atomic E-state index is 12.2. The van der Waals surface area contributed by atoms with E-state index in [1.807, 2.05) is 25.1 Å². The number of aliphatic carboxylic acids is 1. The van der Waals surface area contributed by atoms with E-state index in [1.165, 1.54) is 12.8 Å². The van der Waals surface area contributed by atoms with Crippen LogP contribution in [-0.4, -0.2) is 54.3 Å². The topological polar surface area (TPSA) is 90.9 Å². The molecule has 0 unspecified atom stereocenters. The Hall–Kier alpha value is -2.28. The molecule has 0 saturated heterocycles. The fourth-order valence-electron chi connectivity index (χ4n) is 3.40. The lowest BCUT2D eigenvalue weighted by Gasteiger charge is -2.42. The zero-order valence-electron chi connectivity index (χ0n) is 15.3. The molecule has 0 aromatic heterocycles. The smallest absolute Gasteiger partial charge is 0.319 e. The number of hydrogen-bond acceptors (Lipinski definition) is 4. The third kappa shape index (κ3) is 4.88. The number of carbonyl (C=O) groups excluding carboxylic acids is 1. The van der Waals surface area contributed by atoms with Crippen molar-refractivity contribution in [1.82, 2.24) is 10.2 Å². The molecule has 26 heavy (non-hydrogen) atoms. The molecule has 0 radical (unpaired) electrons. The van der Waals surface area contributed by atoms with Gasteiger partial charge in [-0.15, -0.1) is 0 Å². The molecule has 2 aliphatic rings. The molecule has 142 valence electrons. The number of rotatable bonds is 8. The first-order chi connectivity index (χ1) is 12.4. The maximum absolute atomic E-state index is 12.2. The lowest BCUT2D eigenvalue weighted by Crippen LogP contribution is -2.55. The SMILES string of the molecule is COc1ccc(NC(=O)NC2CC(N(CC(=O)O)CC3CC3)C2)c(C)c1. The molecule has 3 rings (SSSR count). The monoisotopic (exact) mass is 361 g/mol. The molecule has 0 bridgehead atoms. The van der Waals surface area contributed by atoms with Gasteiger partial charge in [-0.05, 0) is 62.3 Å². The van der Waals surface area contributed by atoms with E-state index < -0.39 is 5.97 Å². The van der Waals surface area contributed by atoms with Gasteiger partial charge in [0.2, 0.25) is 0 Å². The molecule has 2 aliphatic carbocycles. The Morgan fingerprint density at radius 2 is 2.04 bits per heavy atom. The number of carboxylic acid groups (broad SMARTS) is 1. The van der Waals surface area contributed by atoms with Crippen LogP contribution < -0.4 is 15.4 Å². The average Bonchev–Trinajstić information content (AvgIpc) is 3.35. The molecule has 3 N–H and O–H groups in total. The first kappa shape index (κ1) is 18.5. The highest BCUT2D eigenvalue weighted by atomic mass is 16.5. The summed E-state index contributed by atoms with van der Waals surface area (Å²) in [5.41, 5.74) is 1.68. The van der Waals surface area contributed by atoms with Crippen molar-refractivity contribution >= 4 is 17.7 Å². The quantitative estimate of drug-likeness (QED) is 0.662. The number of hydrogen-bond donors (Lipinski definition) is 3. The maximum Gasteiger partial charge on any atom is 0.319 e. The second kappa shape index (κ2) is 7.95. The lowest BCUT2D eigenvalue weighted by molar-refractivity contribution is -0.139. The number of methoxy groups -OCH3 is 1. The summed E-state index contributed by atoms with van der Waals surface area (Å²) in [6.45, 7) is 2.87. The highest BCUT2D eigenvalue weighted by molar-refractivity contribution is 5.90. The van der Waals surface area contributed by atoms with Crippen LogP contribution in [0.25, 0.3) is 0 Å². The van der Waals surface area contributed by atoms with Gasteiger partial charge in [-0.25, -0.2) is 4.79 Å². The molecule has 0 heterocycles. The van der Waals surface area contributed by atoms with Crippen molar-refractivity contribution in [2.75, 3.05) is 25.5 Å². The molecule has 0 spiro atoms. The molecular weight excluding hydrogens is 334 g/mol. The van der Waals surface area contributed by atoms with E-state index >= 15 is 0 Å². The van der Waals surface area contributed by atoms with Crippen LogP contribution in [0.1, 0.15) is 31.2 Å². The summed E-state index contributed by atoms with van der Waals surface area (Å²) in [4.78, 5) is 25.3. The Balaban J connectivity index is 1.45. The molecule has 2 saturated carbocycles. The average molecular weight is 361 g/mol. The van der Waals surface area contributed by atoms with E-state index in [-0.39, 0.29) is 24.7 Å². The molecule has 0 aliphatic heterocycles. The largest absolute Gasteiger partial charge is 0.497 e. The molecule has 2 fully saturated rings. The van der Waals surface area contributed by atoms with E-state index in [0.717, 1.165) is 36.4 Å². The van der Waals surface area contributed by atoms with Gasteiger partial charge in [0.25, 0.3) is 0 Å². The molecular formula is C19H27N3O4. The fraction of sp³-hybridized carbons (Fsp3) is 0.579. The normalized spacial score (nSPS) is 21.8. The Morgan fingerprint density at radius 1 is 1.31 bits per heavy atom. The summed E-state index contributed by atoms with van der Waals surface area (Å²) < 4.78 is 5.16. The van der Waals surface area contributed by atoms with E-state index in [4.69, 9.17) is 9.84 Å². The molecule has 1 aromatic carbocycles. The second-order valence-electron chi connectivity index (χ2n) is 7.37. The van der Waals surface area contributed by atoms with Crippen molar-refractivity contribution in [3.05, 3.63) is 23.8 Å². The Kier molecular flexibility index (Phi) is 5.66. The third-order valence-electron chi connectivity index (χ3n) is 5.17. The minimum atomic E-state index is -0.783. The number of carboxylic acids is 1. The van der Waals surface area contributed by atoms with Crippen LogP contribution in [0, 0.1) is 12.8 Å². The van der Waals surface area contributed by atoms with Gasteiger partial charge >= 0.3 is 12.0 Å². The third-order valence-corrected chi connectivity index (χ3v) is 5.17. The van der Waals surface area contributed by atoms with Crippen LogP contribution >= 0.6 is 0 Å². The van der Waals surface area contributed by atoms with Crippen LogP contribution in [0.2, 0.25) is 0 Å². The summed E-state index contributed by atoms with van der Waals surface area (Å²) in [6, 6.07) is 5.62. The van der Waals surface area contributed by atoms with Gasteiger partial charge in [-0.3, -0.25) is 9.69 Å². The van der Waals surface area contributed by atoms with Gasteiger partial charge in [0.15, 0.2) is 0 Å². The van der Waals surface area contributed by atoms with Gasteiger partial charge in [0.05, 0.1) is 13.7 Å². The Labute approximate surface area is 153 Å². The van der Waals surface area contributed by atoms with Crippen LogP contribution in [-0.2, 0) is 4.79 Å². The molecule has 1 aromatic rings. The number of urea groups is 1. The predicted octanol–water partition coefficient (Wildman–Crippen LogP) is 2.45. The molecule has 7 heteroatoms. The first-order valence-electron chi connectivity index (χ1n) is 9.12. The number of nitrogens with one attached hydrogen (secondary N) is 2. The van der Waals surface area contributed by atoms with Gasteiger partial charge in [0.1, 0.15) is 5.75 Å². The summed E-state index contributed by atoms with van der Waals surface area (Å²) in [5.74, 6) is 0.627. The lowest BCUT2D eigenvalue weighted by atomic mass is 9.85. The standard InChI is InChI=1S/C19H27N3O4/c1-12-7-16(26-2)5-6-17(12)21-19(25)20-14-8-15(9-14)22(11-18(23)24)10-13-3-4-13/h5-7,13-15H,3-4,8-11H2,1-2H3,(H,23,24)(H2,20,21,25). The second-order valence-corrected chi connectivity index (χ2v) is 7.37. The van der Waals surface area contributed by atoms with E-state index in [1.54, 1.807) is 7.11 Å². The van der Waals surface area contributed by atoms with Crippen molar-refractivity contribution < 1.29 is 19.4 Å². The zero-order valence-corrected chi connectivity index (χ0v) is 15.3. The van der Waals surface area contributed by atoms with Gasteiger partial charge < -0.3 is 20.5 Å². The van der Waals surface area contributed by atoms with Crippen LogP contribution in [0.5, 0.6) is 5.75 Å². The highest BCUT2D eigenvalue weighted by Gasteiger charge is 2.37. The van der Waals surface area contributed by atoms with Gasteiger partial charge in [-0.2, -0.15) is 0 Å². The summed E-state index contributed by atoms with van der Waals surface area (Å²) in [6.07, 6.45) is 4.01. The summed E-state index contributed by atoms with van der Waals surface area (Å²) >= 11 is 0. The number of ether oxygens (including phenoxy) is 1. The number of amides is 2. The van der Waals surface area contributed by atoms with Crippen LogP contribution in [0.4, 0.5) is 10.5 Å². The zero-order chi connectivity index (χ0) is 18.7. The Morgan fingerprint density at radius 3 is 2.62 bits per heavy atom. The van der Waals surface area contributed by atoms with Crippen LogP contribution in [0.15, 0.2) is 18.2 Å². The van der Waals surface area contributed by atoms with E-state index in [9.17, 15) is 9.59 Å². The van der Waals surface area contributed by atoms with Gasteiger partial charge in [0, 0.05) is 24.3 Å². The number of anilines is 1. The van der Waals surface area contributed by atoms with Crippen molar-refractivity contribution in [3.8, 4) is 5.75 Å². The number of nitrogens with zero attached hydrogens (tertiary/aromatic N) is 1. The summed E-state index contributed by atoms with van der Waals surface area (Å²) in [7, 11) is 1.61. The minimum Gasteiger partial charge on any atom is -0.497 e. The van der Waals surface area contributed by atoms with Crippen LogP contribution in [0.3, 0.4) is 0 Å². The van der Waals surface area contributed by atoms with Gasteiger partial charge in [-0.1, -0.05) is 0 Å². The van der Waals surface area contributed by atoms with Crippen molar-refractivity contribution in [2.45, 2.75) is 44.7 Å². The van der Waals surface area contributed by atoms with Crippen molar-refractivity contribution in [2.24, 2.45) is 5.92 Å². The summed E-state index contributed by atoms with van der Waals surface area (Å²) in [5, 5.41) is 14.9. The van der Waals surface area contributed by atoms with E-state index in [0.29, 0.717) is 5.92 Å². The number of benzene rings is 1. The highest BCUT2D eigenvalue weighted by Crippen LogP contribution is 2.33. The predicted molar refractivity (Wildman–Crippen MR) is 98.6 cm³/mol.